The average molecular weight is 269 g/mol. The van der Waals surface area contributed by atoms with Crippen LogP contribution in [0.15, 0.2) is 36.7 Å². The number of aryl methyl sites for hydroxylation is 2. The summed E-state index contributed by atoms with van der Waals surface area (Å²) in [7, 11) is 1.60. The lowest BCUT2D eigenvalue weighted by atomic mass is 9.98. The van der Waals surface area contributed by atoms with Crippen molar-refractivity contribution in [1.82, 2.24) is 4.98 Å². The van der Waals surface area contributed by atoms with Gasteiger partial charge in [0.15, 0.2) is 0 Å². The minimum Gasteiger partial charge on any atom is -0.495 e. The highest BCUT2D eigenvalue weighted by Crippen LogP contribution is 2.28. The Bertz CT molecular complexity index is 610. The van der Waals surface area contributed by atoms with Gasteiger partial charge in [0.05, 0.1) is 19.4 Å². The van der Waals surface area contributed by atoms with Gasteiger partial charge < -0.3 is 9.84 Å². The lowest BCUT2D eigenvalue weighted by Crippen LogP contribution is -2.05. The van der Waals surface area contributed by atoms with Crippen molar-refractivity contribution in [2.75, 3.05) is 7.11 Å². The molecule has 0 fully saturated rings. The molecule has 20 heavy (non-hydrogen) atoms. The van der Waals surface area contributed by atoms with E-state index in [1.54, 1.807) is 19.5 Å². The fourth-order valence-electron chi connectivity index (χ4n) is 2.92. The Morgan fingerprint density at radius 2 is 2.10 bits per heavy atom. The molecule has 1 unspecified atom stereocenters. The van der Waals surface area contributed by atoms with E-state index in [4.69, 9.17) is 4.74 Å². The van der Waals surface area contributed by atoms with E-state index in [0.717, 1.165) is 12.0 Å². The standard InChI is InChI=1S/C17H19NO2/c1-20-17-11-18-8-7-15(17)16(19)10-12-5-6-13-3-2-4-14(13)9-12/h5-9,11,16,19H,2-4,10H2,1H3. The number of hydrogen-bond acceptors (Lipinski definition) is 3. The van der Waals surface area contributed by atoms with Gasteiger partial charge in [-0.3, -0.25) is 4.98 Å². The number of aliphatic hydroxyl groups excluding tert-OH is 1. The highest BCUT2D eigenvalue weighted by atomic mass is 16.5. The molecule has 1 aliphatic rings. The van der Waals surface area contributed by atoms with Crippen molar-refractivity contribution in [3.8, 4) is 5.75 Å². The second kappa shape index (κ2) is 5.63. The van der Waals surface area contributed by atoms with E-state index in [0.29, 0.717) is 12.2 Å². The number of aliphatic hydroxyl groups is 1. The van der Waals surface area contributed by atoms with E-state index in [1.807, 2.05) is 6.07 Å². The monoisotopic (exact) mass is 269 g/mol. The van der Waals surface area contributed by atoms with Crippen molar-refractivity contribution < 1.29 is 9.84 Å². The molecule has 104 valence electrons. The maximum Gasteiger partial charge on any atom is 0.142 e. The number of nitrogens with zero attached hydrogens (tertiary/aromatic N) is 1. The fraction of sp³-hybridized carbons (Fsp3) is 0.353. The predicted molar refractivity (Wildman–Crippen MR) is 77.9 cm³/mol. The van der Waals surface area contributed by atoms with E-state index in [2.05, 4.69) is 23.2 Å². The van der Waals surface area contributed by atoms with Crippen molar-refractivity contribution in [2.24, 2.45) is 0 Å². The van der Waals surface area contributed by atoms with Crippen LogP contribution >= 0.6 is 0 Å². The summed E-state index contributed by atoms with van der Waals surface area (Å²) >= 11 is 0. The topological polar surface area (TPSA) is 42.4 Å². The van der Waals surface area contributed by atoms with Gasteiger partial charge in [-0.15, -0.1) is 0 Å². The molecule has 1 aliphatic carbocycles. The summed E-state index contributed by atoms with van der Waals surface area (Å²) in [4.78, 5) is 4.02. The zero-order valence-corrected chi connectivity index (χ0v) is 11.7. The SMILES string of the molecule is COc1cnccc1C(O)Cc1ccc2c(c1)CCC2. The lowest BCUT2D eigenvalue weighted by molar-refractivity contribution is 0.174. The molecular formula is C17H19NO2. The summed E-state index contributed by atoms with van der Waals surface area (Å²) in [6, 6.07) is 8.38. The van der Waals surface area contributed by atoms with E-state index in [9.17, 15) is 5.11 Å². The van der Waals surface area contributed by atoms with Crippen molar-refractivity contribution in [3.63, 3.8) is 0 Å². The molecule has 1 N–H and O–H groups in total. The second-order valence-electron chi connectivity index (χ2n) is 5.29. The maximum absolute atomic E-state index is 10.4. The van der Waals surface area contributed by atoms with Crippen LogP contribution in [-0.4, -0.2) is 17.2 Å². The number of fused-ring (bicyclic) bond motifs is 1. The zero-order chi connectivity index (χ0) is 13.9. The summed E-state index contributed by atoms with van der Waals surface area (Å²) in [6.45, 7) is 0. The quantitative estimate of drug-likeness (QED) is 0.928. The molecule has 0 saturated carbocycles. The van der Waals surface area contributed by atoms with Crippen LogP contribution in [0.5, 0.6) is 5.75 Å². The molecule has 1 aromatic carbocycles. The van der Waals surface area contributed by atoms with Gasteiger partial charge >= 0.3 is 0 Å². The maximum atomic E-state index is 10.4. The van der Waals surface area contributed by atoms with Gasteiger partial charge in [0.2, 0.25) is 0 Å². The molecule has 2 aromatic rings. The molecule has 0 amide bonds. The normalized spacial score (nSPS) is 14.9. The van der Waals surface area contributed by atoms with Gasteiger partial charge in [0, 0.05) is 18.2 Å². The summed E-state index contributed by atoms with van der Waals surface area (Å²) in [5.74, 6) is 0.640. The number of ether oxygens (including phenoxy) is 1. The van der Waals surface area contributed by atoms with Crippen LogP contribution in [0.25, 0.3) is 0 Å². The van der Waals surface area contributed by atoms with Crippen molar-refractivity contribution in [3.05, 3.63) is 58.9 Å². The average Bonchev–Trinajstić information content (AvgIpc) is 2.94. The largest absolute Gasteiger partial charge is 0.495 e. The lowest BCUT2D eigenvalue weighted by Gasteiger charge is -2.15. The molecule has 0 saturated heterocycles. The summed E-state index contributed by atoms with van der Waals surface area (Å²) in [5, 5.41) is 10.4. The molecular weight excluding hydrogens is 250 g/mol. The Morgan fingerprint density at radius 1 is 1.25 bits per heavy atom. The Balaban J connectivity index is 1.80. The number of hydrogen-bond donors (Lipinski definition) is 1. The Hall–Kier alpha value is -1.87. The minimum atomic E-state index is -0.563. The van der Waals surface area contributed by atoms with Gasteiger partial charge in [-0.1, -0.05) is 18.2 Å². The Morgan fingerprint density at radius 3 is 2.95 bits per heavy atom. The third-order valence-corrected chi connectivity index (χ3v) is 3.99. The van der Waals surface area contributed by atoms with E-state index in [1.165, 1.54) is 29.5 Å². The van der Waals surface area contributed by atoms with Crippen LogP contribution in [0.1, 0.15) is 34.8 Å². The number of benzene rings is 1. The van der Waals surface area contributed by atoms with E-state index < -0.39 is 6.10 Å². The Kier molecular flexibility index (Phi) is 3.70. The van der Waals surface area contributed by atoms with Crippen molar-refractivity contribution in [2.45, 2.75) is 31.8 Å². The van der Waals surface area contributed by atoms with Gasteiger partial charge in [-0.25, -0.2) is 0 Å². The first kappa shape index (κ1) is 13.1. The van der Waals surface area contributed by atoms with Gasteiger partial charge in [-0.05, 0) is 42.0 Å². The number of aromatic nitrogens is 1. The van der Waals surface area contributed by atoms with Crippen LogP contribution in [0, 0.1) is 0 Å². The first-order chi connectivity index (χ1) is 9.78. The highest BCUT2D eigenvalue weighted by molar-refractivity contribution is 5.37. The molecule has 0 bridgehead atoms. The number of methoxy groups -OCH3 is 1. The summed E-state index contributed by atoms with van der Waals surface area (Å²) in [5.41, 5.74) is 4.88. The smallest absolute Gasteiger partial charge is 0.142 e. The van der Waals surface area contributed by atoms with Gasteiger partial charge in [0.25, 0.3) is 0 Å². The van der Waals surface area contributed by atoms with Crippen LogP contribution in [-0.2, 0) is 19.3 Å². The second-order valence-corrected chi connectivity index (χ2v) is 5.29. The molecule has 1 atom stereocenters. The molecule has 3 heteroatoms. The zero-order valence-electron chi connectivity index (χ0n) is 11.7. The third-order valence-electron chi connectivity index (χ3n) is 3.99. The molecule has 1 aromatic heterocycles. The first-order valence-electron chi connectivity index (χ1n) is 7.04. The van der Waals surface area contributed by atoms with Crippen molar-refractivity contribution >= 4 is 0 Å². The minimum absolute atomic E-state index is 0.563. The molecule has 0 aliphatic heterocycles. The summed E-state index contributed by atoms with van der Waals surface area (Å²) < 4.78 is 5.26. The first-order valence-corrected chi connectivity index (χ1v) is 7.04. The highest BCUT2D eigenvalue weighted by Gasteiger charge is 2.16. The van der Waals surface area contributed by atoms with Crippen LogP contribution in [0.4, 0.5) is 0 Å². The number of pyridine rings is 1. The molecule has 3 nitrogen and oxygen atoms in total. The van der Waals surface area contributed by atoms with Crippen LogP contribution in [0.3, 0.4) is 0 Å². The molecule has 0 radical (unpaired) electrons. The molecule has 3 rings (SSSR count). The van der Waals surface area contributed by atoms with Crippen molar-refractivity contribution in [1.29, 1.82) is 0 Å². The third kappa shape index (κ3) is 2.54. The van der Waals surface area contributed by atoms with Crippen LogP contribution < -0.4 is 4.74 Å². The number of rotatable bonds is 4. The molecule has 0 spiro atoms. The van der Waals surface area contributed by atoms with Gasteiger partial charge in [0.1, 0.15) is 5.75 Å². The van der Waals surface area contributed by atoms with E-state index in [-0.39, 0.29) is 0 Å². The fourth-order valence-corrected chi connectivity index (χ4v) is 2.92. The van der Waals surface area contributed by atoms with E-state index >= 15 is 0 Å². The van der Waals surface area contributed by atoms with Gasteiger partial charge in [-0.2, -0.15) is 0 Å². The Labute approximate surface area is 119 Å². The predicted octanol–water partition coefficient (Wildman–Crippen LogP) is 2.86. The van der Waals surface area contributed by atoms with Crippen LogP contribution in [0.2, 0.25) is 0 Å². The molecule has 1 heterocycles. The summed E-state index contributed by atoms with van der Waals surface area (Å²) in [6.07, 6.45) is 6.97.